The fourth-order valence-electron chi connectivity index (χ4n) is 5.66. The lowest BCUT2D eigenvalue weighted by Crippen LogP contribution is -2.51. The van der Waals surface area contributed by atoms with Gasteiger partial charge in [0.05, 0.1) is 0 Å². The van der Waals surface area contributed by atoms with E-state index in [4.69, 9.17) is 0 Å². The number of hydrogen-bond acceptors (Lipinski definition) is 1. The summed E-state index contributed by atoms with van der Waals surface area (Å²) in [6.07, 6.45) is 12.6. The second kappa shape index (κ2) is 5.26. The maximum atomic E-state index is 9.98. The highest BCUT2D eigenvalue weighted by atomic mass is 16.3. The van der Waals surface area contributed by atoms with E-state index in [-0.39, 0.29) is 5.41 Å². The molecule has 0 amide bonds. The number of fused-ring (bicyclic) bond motifs is 3. The van der Waals surface area contributed by atoms with Gasteiger partial charge in [0, 0.05) is 6.61 Å². The van der Waals surface area contributed by atoms with Gasteiger partial charge in [-0.3, -0.25) is 0 Å². The van der Waals surface area contributed by atoms with E-state index in [1.54, 1.807) is 11.1 Å². The van der Waals surface area contributed by atoms with E-state index in [0.717, 1.165) is 5.92 Å². The Labute approximate surface area is 130 Å². The van der Waals surface area contributed by atoms with Crippen molar-refractivity contribution in [3.63, 3.8) is 0 Å². The van der Waals surface area contributed by atoms with E-state index in [0.29, 0.717) is 23.9 Å². The third-order valence-corrected chi connectivity index (χ3v) is 7.06. The van der Waals surface area contributed by atoms with Gasteiger partial charge in [0.2, 0.25) is 0 Å². The minimum Gasteiger partial charge on any atom is -0.396 e. The zero-order valence-corrected chi connectivity index (χ0v) is 14.3. The summed E-state index contributed by atoms with van der Waals surface area (Å²) in [6, 6.07) is 0. The molecular formula is C20H32O. The fourth-order valence-corrected chi connectivity index (χ4v) is 5.66. The largest absolute Gasteiger partial charge is 0.396 e. The summed E-state index contributed by atoms with van der Waals surface area (Å²) in [5.41, 5.74) is 3.79. The average molecular weight is 288 g/mol. The van der Waals surface area contributed by atoms with Crippen molar-refractivity contribution in [2.24, 2.45) is 28.6 Å². The Morgan fingerprint density at radius 2 is 2.05 bits per heavy atom. The molecule has 3 rings (SSSR count). The summed E-state index contributed by atoms with van der Waals surface area (Å²) < 4.78 is 0. The number of aliphatic hydroxyl groups is 1. The monoisotopic (exact) mass is 288 g/mol. The van der Waals surface area contributed by atoms with Gasteiger partial charge in [-0.25, -0.2) is 0 Å². The van der Waals surface area contributed by atoms with E-state index < -0.39 is 0 Å². The van der Waals surface area contributed by atoms with Crippen molar-refractivity contribution in [3.05, 3.63) is 23.3 Å². The van der Waals surface area contributed by atoms with Gasteiger partial charge in [0.15, 0.2) is 0 Å². The molecule has 0 aromatic heterocycles. The van der Waals surface area contributed by atoms with Gasteiger partial charge in [0.25, 0.3) is 0 Å². The van der Waals surface area contributed by atoms with Crippen LogP contribution in [-0.2, 0) is 0 Å². The molecule has 1 nitrogen and oxygen atoms in total. The highest BCUT2D eigenvalue weighted by Gasteiger charge is 2.53. The highest BCUT2D eigenvalue weighted by Crippen LogP contribution is 2.61. The molecular weight excluding hydrogens is 256 g/mol. The van der Waals surface area contributed by atoms with Crippen LogP contribution in [0.1, 0.15) is 66.2 Å². The zero-order chi connectivity index (χ0) is 15.3. The van der Waals surface area contributed by atoms with Gasteiger partial charge < -0.3 is 5.11 Å². The molecule has 0 bridgehead atoms. The fraction of sp³-hybridized carbons (Fsp3) is 0.800. The van der Waals surface area contributed by atoms with E-state index in [9.17, 15) is 5.11 Å². The zero-order valence-electron chi connectivity index (χ0n) is 14.3. The third kappa shape index (κ3) is 2.32. The molecule has 1 N–H and O–H groups in total. The van der Waals surface area contributed by atoms with E-state index in [1.807, 2.05) is 0 Å². The molecule has 21 heavy (non-hydrogen) atoms. The third-order valence-electron chi connectivity index (χ3n) is 7.06. The van der Waals surface area contributed by atoms with Crippen molar-refractivity contribution >= 4 is 0 Å². The van der Waals surface area contributed by atoms with Crippen molar-refractivity contribution < 1.29 is 5.11 Å². The number of allylic oxidation sites excluding steroid dienone is 4. The summed E-state index contributed by atoms with van der Waals surface area (Å²) in [5, 5.41) is 9.98. The Bertz CT molecular complexity index is 472. The van der Waals surface area contributed by atoms with Crippen LogP contribution in [-0.4, -0.2) is 11.7 Å². The predicted molar refractivity (Wildman–Crippen MR) is 89.0 cm³/mol. The van der Waals surface area contributed by atoms with Gasteiger partial charge >= 0.3 is 0 Å². The molecule has 3 aliphatic carbocycles. The van der Waals surface area contributed by atoms with Gasteiger partial charge in [-0.2, -0.15) is 0 Å². The molecule has 1 fully saturated rings. The molecule has 0 aliphatic heterocycles. The first-order valence-electron chi connectivity index (χ1n) is 8.92. The van der Waals surface area contributed by atoms with Gasteiger partial charge in [-0.1, -0.05) is 51.8 Å². The van der Waals surface area contributed by atoms with Crippen LogP contribution < -0.4 is 0 Å². The molecule has 0 aromatic carbocycles. The summed E-state index contributed by atoms with van der Waals surface area (Å²) in [6.45, 7) is 9.85. The standard InChI is InChI=1S/C20H32O/c1-14(2)15-6-8-17-16(12-15)7-9-18-19(3,13-21)10-5-11-20(17,18)4/h7,12,14,17-18,21H,5-6,8-11,13H2,1-4H3/t17-,18-,19+,20-/m1/s1. The van der Waals surface area contributed by atoms with Crippen LogP contribution in [0.15, 0.2) is 23.3 Å². The molecule has 3 aliphatic rings. The van der Waals surface area contributed by atoms with Crippen molar-refractivity contribution in [3.8, 4) is 0 Å². The quantitative estimate of drug-likeness (QED) is 0.748. The number of rotatable bonds is 2. The Morgan fingerprint density at radius 1 is 1.29 bits per heavy atom. The molecule has 0 radical (unpaired) electrons. The maximum Gasteiger partial charge on any atom is 0.0487 e. The van der Waals surface area contributed by atoms with Crippen molar-refractivity contribution in [2.75, 3.05) is 6.61 Å². The molecule has 0 aromatic rings. The lowest BCUT2D eigenvalue weighted by Gasteiger charge is -2.58. The Hall–Kier alpha value is -0.560. The van der Waals surface area contributed by atoms with Crippen LogP contribution in [0.25, 0.3) is 0 Å². The molecule has 118 valence electrons. The predicted octanol–water partition coefficient (Wildman–Crippen LogP) is 5.11. The van der Waals surface area contributed by atoms with Crippen molar-refractivity contribution in [1.82, 2.24) is 0 Å². The Kier molecular flexibility index (Phi) is 3.84. The molecule has 0 heterocycles. The van der Waals surface area contributed by atoms with Crippen molar-refractivity contribution in [2.45, 2.75) is 66.2 Å². The molecule has 0 spiro atoms. The maximum absolute atomic E-state index is 9.98. The van der Waals surface area contributed by atoms with Crippen LogP contribution in [0.3, 0.4) is 0 Å². The Morgan fingerprint density at radius 3 is 2.71 bits per heavy atom. The second-order valence-corrected chi connectivity index (χ2v) is 8.63. The molecule has 0 saturated heterocycles. The first-order valence-corrected chi connectivity index (χ1v) is 8.92. The molecule has 1 heteroatoms. The van der Waals surface area contributed by atoms with Crippen LogP contribution in [0.4, 0.5) is 0 Å². The van der Waals surface area contributed by atoms with Crippen LogP contribution >= 0.6 is 0 Å². The van der Waals surface area contributed by atoms with Crippen LogP contribution in [0.2, 0.25) is 0 Å². The first-order chi connectivity index (χ1) is 9.90. The first kappa shape index (κ1) is 15.3. The molecule has 1 saturated carbocycles. The normalized spacial score (nSPS) is 43.0. The minimum atomic E-state index is 0.136. The summed E-state index contributed by atoms with van der Waals surface area (Å²) >= 11 is 0. The summed E-state index contributed by atoms with van der Waals surface area (Å²) in [7, 11) is 0. The second-order valence-electron chi connectivity index (χ2n) is 8.63. The average Bonchev–Trinajstić information content (AvgIpc) is 2.46. The molecule has 4 atom stereocenters. The van der Waals surface area contributed by atoms with Gasteiger partial charge in [0.1, 0.15) is 0 Å². The van der Waals surface area contributed by atoms with Gasteiger partial charge in [-0.05, 0) is 66.3 Å². The van der Waals surface area contributed by atoms with E-state index in [1.165, 1.54) is 38.5 Å². The van der Waals surface area contributed by atoms with Crippen molar-refractivity contribution in [1.29, 1.82) is 0 Å². The summed E-state index contributed by atoms with van der Waals surface area (Å²) in [4.78, 5) is 0. The molecule has 0 unspecified atom stereocenters. The highest BCUT2D eigenvalue weighted by molar-refractivity contribution is 5.35. The lowest BCUT2D eigenvalue weighted by atomic mass is 9.47. The number of hydrogen-bond donors (Lipinski definition) is 1. The van der Waals surface area contributed by atoms with Gasteiger partial charge in [-0.15, -0.1) is 0 Å². The SMILES string of the molecule is CC(C)C1=CC2=CC[C@@H]3[C@](C)(CO)CCC[C@]3(C)[C@@H]2CC1. The number of aliphatic hydroxyl groups excluding tert-OH is 1. The lowest BCUT2D eigenvalue weighted by molar-refractivity contribution is -0.0737. The van der Waals surface area contributed by atoms with E-state index >= 15 is 0 Å². The Balaban J connectivity index is 1.97. The summed E-state index contributed by atoms with van der Waals surface area (Å²) in [5.74, 6) is 2.07. The van der Waals surface area contributed by atoms with Crippen LogP contribution in [0.5, 0.6) is 0 Å². The van der Waals surface area contributed by atoms with Crippen LogP contribution in [0, 0.1) is 28.6 Å². The smallest absolute Gasteiger partial charge is 0.0487 e. The minimum absolute atomic E-state index is 0.136. The van der Waals surface area contributed by atoms with E-state index in [2.05, 4.69) is 39.8 Å². The topological polar surface area (TPSA) is 20.2 Å².